The number of aromatic nitrogens is 3. The molecule has 258 valence electrons. The highest BCUT2D eigenvalue weighted by molar-refractivity contribution is 7.18. The molecule has 2 aromatic heterocycles. The molecule has 8 nitrogen and oxygen atoms in total. The van der Waals surface area contributed by atoms with Crippen molar-refractivity contribution in [1.82, 2.24) is 19.9 Å². The molecule has 2 saturated heterocycles. The Labute approximate surface area is 286 Å². The zero-order valence-electron chi connectivity index (χ0n) is 28.0. The van der Waals surface area contributed by atoms with Crippen LogP contribution in [0.1, 0.15) is 73.0 Å². The highest BCUT2D eigenvalue weighted by Crippen LogP contribution is 2.44. The molecule has 2 aliphatic rings. The lowest BCUT2D eigenvalue weighted by Crippen LogP contribution is -2.49. The molecule has 0 saturated carbocycles. The number of amides is 1. The molecule has 2 fully saturated rings. The number of carbonyl (C=O) groups excluding carboxylic acids is 1. The van der Waals surface area contributed by atoms with Crippen LogP contribution in [0.15, 0.2) is 49.2 Å². The van der Waals surface area contributed by atoms with Gasteiger partial charge in [-0.25, -0.2) is 24.1 Å². The van der Waals surface area contributed by atoms with E-state index in [0.29, 0.717) is 28.3 Å². The molecule has 2 aromatic carbocycles. The Kier molecular flexibility index (Phi) is 8.71. The number of thiazole rings is 1. The van der Waals surface area contributed by atoms with E-state index in [-0.39, 0.29) is 31.0 Å². The highest BCUT2D eigenvalue weighted by atomic mass is 32.1. The van der Waals surface area contributed by atoms with Gasteiger partial charge in [-0.2, -0.15) is 13.2 Å². The van der Waals surface area contributed by atoms with Crippen LogP contribution in [0.25, 0.3) is 26.8 Å². The number of nitrogens with zero attached hydrogens (tertiary/aromatic N) is 5. The summed E-state index contributed by atoms with van der Waals surface area (Å²) in [4.78, 5) is 31.8. The summed E-state index contributed by atoms with van der Waals surface area (Å²) in [6, 6.07) is 8.55. The number of aliphatic hydroxyl groups excluding tert-OH is 1. The zero-order valence-corrected chi connectivity index (χ0v) is 28.8. The second-order valence-corrected chi connectivity index (χ2v) is 14.8. The Balaban J connectivity index is 1.42. The van der Waals surface area contributed by atoms with Crippen LogP contribution >= 0.6 is 11.3 Å². The van der Waals surface area contributed by atoms with Crippen LogP contribution in [-0.4, -0.2) is 56.4 Å². The fraction of sp³-hybridized carbons (Fsp3) is 0.389. The van der Waals surface area contributed by atoms with Crippen LogP contribution in [0.3, 0.4) is 0 Å². The van der Waals surface area contributed by atoms with E-state index in [2.05, 4.69) is 11.6 Å². The summed E-state index contributed by atoms with van der Waals surface area (Å²) in [5.41, 5.74) is 3.67. The van der Waals surface area contributed by atoms with Gasteiger partial charge in [0, 0.05) is 28.3 Å². The summed E-state index contributed by atoms with van der Waals surface area (Å²) >= 11 is 1.44. The minimum Gasteiger partial charge on any atom is -0.508 e. The maximum atomic E-state index is 13.9. The lowest BCUT2D eigenvalue weighted by atomic mass is 9.89. The average molecular weight is 696 g/mol. The van der Waals surface area contributed by atoms with Gasteiger partial charge in [0.2, 0.25) is 5.95 Å². The molecule has 0 unspecified atom stereocenters. The van der Waals surface area contributed by atoms with E-state index < -0.39 is 41.6 Å². The number of anilines is 1. The Morgan fingerprint density at radius 2 is 1.80 bits per heavy atom. The van der Waals surface area contributed by atoms with Gasteiger partial charge < -0.3 is 14.7 Å². The monoisotopic (exact) mass is 695 g/mol. The normalized spacial score (nSPS) is 18.5. The molecule has 0 radical (unpaired) electrons. The van der Waals surface area contributed by atoms with E-state index >= 15 is 0 Å². The Morgan fingerprint density at radius 3 is 2.41 bits per heavy atom. The topological polar surface area (TPSA) is 91.7 Å². The van der Waals surface area contributed by atoms with Crippen LogP contribution in [0, 0.1) is 13.8 Å². The predicted molar refractivity (Wildman–Crippen MR) is 181 cm³/mol. The predicted octanol–water partition coefficient (Wildman–Crippen LogP) is 8.97. The van der Waals surface area contributed by atoms with Crippen molar-refractivity contribution in [1.29, 1.82) is 0 Å². The van der Waals surface area contributed by atoms with Gasteiger partial charge >= 0.3 is 12.3 Å². The van der Waals surface area contributed by atoms with Gasteiger partial charge in [-0.15, -0.1) is 11.3 Å². The summed E-state index contributed by atoms with van der Waals surface area (Å²) in [5.74, 6) is 0.281. The molecule has 4 aromatic rings. The molecule has 1 amide bonds. The third kappa shape index (κ3) is 6.72. The summed E-state index contributed by atoms with van der Waals surface area (Å²) in [7, 11) is 0. The third-order valence-corrected chi connectivity index (χ3v) is 9.94. The number of hydrogen-bond acceptors (Lipinski definition) is 8. The maximum absolute atomic E-state index is 13.9. The molecule has 2 aliphatic heterocycles. The number of ether oxygens (including phenoxy) is 1. The fourth-order valence-electron chi connectivity index (χ4n) is 6.13. The molecule has 6 rings (SSSR count). The van der Waals surface area contributed by atoms with Crippen molar-refractivity contribution < 1.29 is 32.2 Å². The summed E-state index contributed by atoms with van der Waals surface area (Å²) in [6.45, 7) is 15.2. The third-order valence-electron chi connectivity index (χ3n) is 8.81. The van der Waals surface area contributed by atoms with Crippen molar-refractivity contribution in [2.75, 3.05) is 18.0 Å². The second-order valence-electron chi connectivity index (χ2n) is 13.8. The zero-order chi connectivity index (χ0) is 35.6. The maximum Gasteiger partial charge on any atom is 0.416 e. The number of cyclic esters (lactones) is 1. The smallest absolute Gasteiger partial charge is 0.416 e. The average Bonchev–Trinajstić information content (AvgIpc) is 3.56. The quantitative estimate of drug-likeness (QED) is 0.152. The van der Waals surface area contributed by atoms with Gasteiger partial charge in [0.25, 0.3) is 0 Å². The van der Waals surface area contributed by atoms with Gasteiger partial charge in [-0.05, 0) is 50.1 Å². The molecule has 49 heavy (non-hydrogen) atoms. The van der Waals surface area contributed by atoms with Gasteiger partial charge in [0.1, 0.15) is 23.0 Å². The summed E-state index contributed by atoms with van der Waals surface area (Å²) in [5, 5.41) is 10.6. The van der Waals surface area contributed by atoms with Crippen LogP contribution in [0.4, 0.5) is 28.3 Å². The minimum atomic E-state index is -4.56. The SMILES string of the molecule is C=C(O)c1ccc(-c2nc(C(C)(C)C)c(-c3cnc(N4CC(F)C4)nc3CN3C(=O)O[C@H](c4cc(C)cc(C(F)(F)F)c4)[C@@H]3C)s2)c(C)c1. The van der Waals surface area contributed by atoms with Gasteiger partial charge in [-0.1, -0.05) is 51.1 Å². The van der Waals surface area contributed by atoms with Crippen LogP contribution in [0.2, 0.25) is 0 Å². The van der Waals surface area contributed by atoms with E-state index in [4.69, 9.17) is 14.7 Å². The number of rotatable bonds is 7. The van der Waals surface area contributed by atoms with E-state index in [1.165, 1.54) is 16.2 Å². The van der Waals surface area contributed by atoms with Crippen molar-refractivity contribution in [2.24, 2.45) is 0 Å². The molecule has 0 bridgehead atoms. The molecule has 1 N–H and O–H groups in total. The number of hydrogen-bond donors (Lipinski definition) is 1. The van der Waals surface area contributed by atoms with E-state index in [0.717, 1.165) is 38.8 Å². The number of aryl methyl sites for hydroxylation is 2. The van der Waals surface area contributed by atoms with E-state index in [1.807, 2.05) is 39.8 Å². The number of aliphatic hydroxyl groups is 1. The second kappa shape index (κ2) is 12.4. The van der Waals surface area contributed by atoms with E-state index in [9.17, 15) is 27.5 Å². The van der Waals surface area contributed by atoms with Crippen molar-refractivity contribution in [3.8, 4) is 21.0 Å². The van der Waals surface area contributed by atoms with Crippen molar-refractivity contribution in [2.45, 2.75) is 78.0 Å². The van der Waals surface area contributed by atoms with Crippen molar-refractivity contribution >= 4 is 29.1 Å². The first-order chi connectivity index (χ1) is 22.9. The molecule has 0 spiro atoms. The van der Waals surface area contributed by atoms with Gasteiger partial charge in [-0.3, -0.25) is 4.90 Å². The van der Waals surface area contributed by atoms with Gasteiger partial charge in [0.05, 0.1) is 47.5 Å². The Hall–Kier alpha value is -4.52. The van der Waals surface area contributed by atoms with Crippen LogP contribution < -0.4 is 4.90 Å². The lowest BCUT2D eigenvalue weighted by Gasteiger charge is -2.34. The summed E-state index contributed by atoms with van der Waals surface area (Å²) < 4.78 is 60.5. The standard InChI is InChI=1S/C36H37F4N5O3S/c1-18-10-23(13-24(11-18)36(38,39)40)29-20(3)45(34(47)48-29)17-28-27(14-41-33(42-28)44-15-25(37)16-44)30-31(35(5,6)7)43-32(49-30)26-9-8-22(21(4)46)12-19(26)2/h8-14,20,25,29,46H,4,15-17H2,1-3,5-7H3/t20-,29-/m0/s1. The fourth-order valence-corrected chi connectivity index (χ4v) is 7.53. The molecule has 4 heterocycles. The molecule has 13 heteroatoms. The largest absolute Gasteiger partial charge is 0.508 e. The van der Waals surface area contributed by atoms with Crippen LogP contribution in [0.5, 0.6) is 0 Å². The highest BCUT2D eigenvalue weighted by Gasteiger charge is 2.42. The van der Waals surface area contributed by atoms with Gasteiger partial charge in [0.15, 0.2) is 0 Å². The first-order valence-electron chi connectivity index (χ1n) is 15.8. The first-order valence-corrected chi connectivity index (χ1v) is 16.6. The van der Waals surface area contributed by atoms with Crippen molar-refractivity contribution in [3.05, 3.63) is 88.4 Å². The van der Waals surface area contributed by atoms with Crippen molar-refractivity contribution in [3.63, 3.8) is 0 Å². The minimum absolute atomic E-state index is 0.0324. The molecular formula is C36H37F4N5O3S. The van der Waals surface area contributed by atoms with Crippen LogP contribution in [-0.2, 0) is 22.9 Å². The summed E-state index contributed by atoms with van der Waals surface area (Å²) in [6.07, 6.45) is -5.51. The lowest BCUT2D eigenvalue weighted by molar-refractivity contribution is -0.137. The number of halogens is 4. The molecule has 2 atom stereocenters. The Bertz CT molecular complexity index is 1950. The Morgan fingerprint density at radius 1 is 1.08 bits per heavy atom. The molecular weight excluding hydrogens is 658 g/mol. The number of alkyl halides is 4. The number of carbonyl (C=O) groups is 1. The first kappa shape index (κ1) is 34.3. The van der Waals surface area contributed by atoms with E-state index in [1.54, 1.807) is 37.1 Å². The number of benzene rings is 2. The molecule has 0 aliphatic carbocycles.